The second-order valence-electron chi connectivity index (χ2n) is 5.56. The molecule has 0 saturated carbocycles. The molecule has 0 aliphatic carbocycles. The number of aliphatic hydroxyl groups excluding tert-OH is 1. The molecule has 3 heteroatoms. The molecule has 0 aromatic carbocycles. The first-order chi connectivity index (χ1) is 9.66. The van der Waals surface area contributed by atoms with Crippen LogP contribution in [0.1, 0.15) is 84.0 Å². The Bertz CT molecular complexity index is 249. The minimum atomic E-state index is -0.917. The summed E-state index contributed by atoms with van der Waals surface area (Å²) >= 11 is 0. The van der Waals surface area contributed by atoms with Gasteiger partial charge in [-0.15, -0.1) is 0 Å². The molecule has 0 aliphatic rings. The molecule has 2 N–H and O–H groups in total. The summed E-state index contributed by atoms with van der Waals surface area (Å²) in [5.41, 5.74) is 0. The molecule has 0 saturated heterocycles. The fourth-order valence-electron chi connectivity index (χ4n) is 2.22. The van der Waals surface area contributed by atoms with Gasteiger partial charge in [0.25, 0.3) is 0 Å². The van der Waals surface area contributed by atoms with Gasteiger partial charge in [0.1, 0.15) is 0 Å². The quantitative estimate of drug-likeness (QED) is 0.359. The summed E-state index contributed by atoms with van der Waals surface area (Å²) in [7, 11) is 0. The number of carboxylic acid groups (broad SMARTS) is 1. The van der Waals surface area contributed by atoms with Crippen molar-refractivity contribution in [1.82, 2.24) is 0 Å². The van der Waals surface area contributed by atoms with E-state index in [2.05, 4.69) is 19.1 Å². The van der Waals surface area contributed by atoms with Crippen LogP contribution in [-0.4, -0.2) is 22.3 Å². The molecule has 0 aliphatic heterocycles. The molecule has 3 nitrogen and oxygen atoms in total. The van der Waals surface area contributed by atoms with E-state index in [-0.39, 0.29) is 6.42 Å². The number of aliphatic hydroxyl groups is 1. The number of unbranched alkanes of at least 4 members (excludes halogenated alkanes) is 8. The van der Waals surface area contributed by atoms with Crippen LogP contribution in [0.4, 0.5) is 0 Å². The van der Waals surface area contributed by atoms with Gasteiger partial charge in [-0.1, -0.05) is 57.6 Å². The van der Waals surface area contributed by atoms with Gasteiger partial charge in [-0.25, -0.2) is 0 Å². The summed E-state index contributed by atoms with van der Waals surface area (Å²) in [6.07, 6.45) is 16.4. The van der Waals surface area contributed by atoms with Crippen molar-refractivity contribution in [3.8, 4) is 0 Å². The lowest BCUT2D eigenvalue weighted by Gasteiger charge is -2.06. The maximum absolute atomic E-state index is 10.4. The Kier molecular flexibility index (Phi) is 14.0. The lowest BCUT2D eigenvalue weighted by atomic mass is 10.1. The molecule has 1 atom stereocenters. The molecule has 0 aromatic rings. The zero-order valence-electron chi connectivity index (χ0n) is 13.0. The summed E-state index contributed by atoms with van der Waals surface area (Å²) in [6.45, 7) is 2.24. The molecule has 0 amide bonds. The molecule has 1 unspecified atom stereocenters. The highest BCUT2D eigenvalue weighted by Gasteiger charge is 2.08. The highest BCUT2D eigenvalue weighted by molar-refractivity contribution is 5.67. The van der Waals surface area contributed by atoms with E-state index in [9.17, 15) is 9.90 Å². The van der Waals surface area contributed by atoms with Crippen LogP contribution in [0.2, 0.25) is 0 Å². The van der Waals surface area contributed by atoms with E-state index in [4.69, 9.17) is 5.11 Å². The van der Waals surface area contributed by atoms with E-state index in [1.807, 2.05) is 0 Å². The molecule has 0 spiro atoms. The molecule has 0 rings (SSSR count). The first-order valence-corrected chi connectivity index (χ1v) is 8.21. The largest absolute Gasteiger partial charge is 0.481 e. The Balaban J connectivity index is 3.21. The van der Waals surface area contributed by atoms with Crippen LogP contribution < -0.4 is 0 Å². The van der Waals surface area contributed by atoms with Crippen molar-refractivity contribution in [1.29, 1.82) is 0 Å². The Morgan fingerprint density at radius 2 is 1.50 bits per heavy atom. The zero-order valence-corrected chi connectivity index (χ0v) is 13.0. The number of carboxylic acids is 1. The Labute approximate surface area is 124 Å². The van der Waals surface area contributed by atoms with Gasteiger partial charge in [-0.2, -0.15) is 0 Å². The normalized spacial score (nSPS) is 12.9. The summed E-state index contributed by atoms with van der Waals surface area (Å²) in [5, 5.41) is 17.9. The second kappa shape index (κ2) is 14.6. The monoisotopic (exact) mass is 284 g/mol. The van der Waals surface area contributed by atoms with Crippen LogP contribution in [0.3, 0.4) is 0 Å². The Morgan fingerprint density at radius 3 is 2.05 bits per heavy atom. The fourth-order valence-corrected chi connectivity index (χ4v) is 2.22. The molecular weight excluding hydrogens is 252 g/mol. The summed E-state index contributed by atoms with van der Waals surface area (Å²) in [6, 6.07) is 0. The van der Waals surface area contributed by atoms with Crippen molar-refractivity contribution in [2.75, 3.05) is 0 Å². The zero-order chi connectivity index (χ0) is 15.1. The van der Waals surface area contributed by atoms with Gasteiger partial charge in [0.2, 0.25) is 0 Å². The van der Waals surface area contributed by atoms with Gasteiger partial charge in [0.05, 0.1) is 12.5 Å². The molecule has 0 radical (unpaired) electrons. The van der Waals surface area contributed by atoms with Crippen LogP contribution >= 0.6 is 0 Å². The van der Waals surface area contributed by atoms with Crippen LogP contribution in [0, 0.1) is 0 Å². The highest BCUT2D eigenvalue weighted by Crippen LogP contribution is 2.09. The Hall–Kier alpha value is -0.830. The first kappa shape index (κ1) is 19.2. The number of rotatable bonds is 14. The van der Waals surface area contributed by atoms with Crippen molar-refractivity contribution < 1.29 is 15.0 Å². The SMILES string of the molecule is CCCCCCC/C=C\CCCCCC(O)CC(=O)O. The molecule has 0 bridgehead atoms. The van der Waals surface area contributed by atoms with Gasteiger partial charge in [-0.3, -0.25) is 4.79 Å². The topological polar surface area (TPSA) is 57.5 Å². The van der Waals surface area contributed by atoms with Crippen molar-refractivity contribution >= 4 is 5.97 Å². The number of aliphatic carboxylic acids is 1. The number of allylic oxidation sites excluding steroid dienone is 2. The van der Waals surface area contributed by atoms with Crippen LogP contribution in [0.5, 0.6) is 0 Å². The summed E-state index contributed by atoms with van der Waals surface area (Å²) < 4.78 is 0. The van der Waals surface area contributed by atoms with Crippen molar-refractivity contribution in [2.45, 2.75) is 90.1 Å². The van der Waals surface area contributed by atoms with Crippen molar-refractivity contribution in [2.24, 2.45) is 0 Å². The lowest BCUT2D eigenvalue weighted by Crippen LogP contribution is -2.12. The third-order valence-corrected chi connectivity index (χ3v) is 3.46. The van der Waals surface area contributed by atoms with Gasteiger partial charge >= 0.3 is 5.97 Å². The maximum atomic E-state index is 10.4. The van der Waals surface area contributed by atoms with Crippen LogP contribution in [-0.2, 0) is 4.79 Å². The Morgan fingerprint density at radius 1 is 0.950 bits per heavy atom. The van der Waals surface area contributed by atoms with E-state index >= 15 is 0 Å². The van der Waals surface area contributed by atoms with Crippen molar-refractivity contribution in [3.05, 3.63) is 12.2 Å². The lowest BCUT2D eigenvalue weighted by molar-refractivity contribution is -0.139. The van der Waals surface area contributed by atoms with E-state index < -0.39 is 12.1 Å². The van der Waals surface area contributed by atoms with Gasteiger partial charge in [-0.05, 0) is 32.1 Å². The van der Waals surface area contributed by atoms with E-state index in [0.29, 0.717) is 6.42 Å². The molecule has 118 valence electrons. The van der Waals surface area contributed by atoms with E-state index in [1.165, 1.54) is 38.5 Å². The minimum absolute atomic E-state index is 0.127. The number of carbonyl (C=O) groups is 1. The van der Waals surface area contributed by atoms with Crippen molar-refractivity contribution in [3.63, 3.8) is 0 Å². The van der Waals surface area contributed by atoms with E-state index in [1.54, 1.807) is 0 Å². The molecule has 0 fully saturated rings. The third kappa shape index (κ3) is 15.2. The highest BCUT2D eigenvalue weighted by atomic mass is 16.4. The average Bonchev–Trinajstić information content (AvgIpc) is 2.39. The predicted molar refractivity (Wildman–Crippen MR) is 83.9 cm³/mol. The predicted octanol–water partition coefficient (Wildman–Crippen LogP) is 4.69. The molecule has 0 heterocycles. The fraction of sp³-hybridized carbons (Fsp3) is 0.824. The second-order valence-corrected chi connectivity index (χ2v) is 5.56. The molecule has 20 heavy (non-hydrogen) atoms. The smallest absolute Gasteiger partial charge is 0.305 e. The van der Waals surface area contributed by atoms with Gasteiger partial charge in [0, 0.05) is 0 Å². The minimum Gasteiger partial charge on any atom is -0.481 e. The average molecular weight is 284 g/mol. The van der Waals surface area contributed by atoms with Gasteiger partial charge < -0.3 is 10.2 Å². The number of hydrogen-bond acceptors (Lipinski definition) is 2. The standard InChI is InChI=1S/C17H32O3/c1-2-3-4-5-6-7-8-9-10-11-12-13-14-16(18)15-17(19)20/h8-9,16,18H,2-7,10-15H2,1H3,(H,19,20)/b9-8-. The van der Waals surface area contributed by atoms with Crippen LogP contribution in [0.25, 0.3) is 0 Å². The molecule has 0 aromatic heterocycles. The third-order valence-electron chi connectivity index (χ3n) is 3.46. The van der Waals surface area contributed by atoms with Gasteiger partial charge in [0.15, 0.2) is 0 Å². The number of hydrogen-bond donors (Lipinski definition) is 2. The summed E-state index contributed by atoms with van der Waals surface area (Å²) in [5.74, 6) is -0.917. The van der Waals surface area contributed by atoms with E-state index in [0.717, 1.165) is 25.7 Å². The maximum Gasteiger partial charge on any atom is 0.305 e. The summed E-state index contributed by atoms with van der Waals surface area (Å²) in [4.78, 5) is 10.4. The van der Waals surface area contributed by atoms with Crippen LogP contribution in [0.15, 0.2) is 12.2 Å². The molecular formula is C17H32O3. The first-order valence-electron chi connectivity index (χ1n) is 8.21.